The molecular weight excluding hydrogens is 389 g/mol. The maximum absolute atomic E-state index is 12.7. The lowest BCUT2D eigenvalue weighted by Crippen LogP contribution is -2.45. The molecule has 148 valence electrons. The van der Waals surface area contributed by atoms with Gasteiger partial charge in [-0.2, -0.15) is 13.2 Å². The third-order valence-corrected chi connectivity index (χ3v) is 5.76. The lowest BCUT2D eigenvalue weighted by Gasteiger charge is -2.32. The van der Waals surface area contributed by atoms with E-state index < -0.39 is 11.1 Å². The van der Waals surface area contributed by atoms with Crippen LogP contribution in [0.25, 0.3) is 0 Å². The Bertz CT molecular complexity index is 592. The third kappa shape index (κ3) is 5.80. The topological polar surface area (TPSA) is 57.3 Å². The molecule has 5 nitrogen and oxygen atoms in total. The number of nitrogens with zero attached hydrogens (tertiary/aromatic N) is 2. The predicted octanol–water partition coefficient (Wildman–Crippen LogP) is 2.66. The van der Waals surface area contributed by atoms with Gasteiger partial charge in [-0.05, 0) is 44.7 Å². The van der Waals surface area contributed by atoms with Crippen LogP contribution in [-0.2, 0) is 17.5 Å². The lowest BCUT2D eigenvalue weighted by atomic mass is 9.98. The number of piperidine rings is 1. The molecular formula is C16H24ClF3N4OS. The second kappa shape index (κ2) is 9.34. The van der Waals surface area contributed by atoms with Gasteiger partial charge >= 0.3 is 6.18 Å². The van der Waals surface area contributed by atoms with Gasteiger partial charge in [0, 0.05) is 13.1 Å². The van der Waals surface area contributed by atoms with Gasteiger partial charge < -0.3 is 10.6 Å². The number of halogens is 4. The maximum Gasteiger partial charge on any atom is 0.427 e. The van der Waals surface area contributed by atoms with Crippen LogP contribution in [-0.4, -0.2) is 48.0 Å². The SMILES string of the molecule is Cl.O=C(NCC1CCCN(Cc2ncc(C(F)(F)F)s2)C1)C1CCCN1. The van der Waals surface area contributed by atoms with Crippen LogP contribution < -0.4 is 10.6 Å². The summed E-state index contributed by atoms with van der Waals surface area (Å²) in [4.78, 5) is 17.4. The largest absolute Gasteiger partial charge is 0.427 e. The van der Waals surface area contributed by atoms with Crippen molar-refractivity contribution in [1.29, 1.82) is 0 Å². The summed E-state index contributed by atoms with van der Waals surface area (Å²) in [5.41, 5.74) is 0. The quantitative estimate of drug-likeness (QED) is 0.780. The van der Waals surface area contributed by atoms with E-state index in [0.717, 1.165) is 51.5 Å². The van der Waals surface area contributed by atoms with E-state index in [1.807, 2.05) is 0 Å². The minimum Gasteiger partial charge on any atom is -0.354 e. The highest BCUT2D eigenvalue weighted by Crippen LogP contribution is 2.33. The standard InChI is InChI=1S/C16H23F3N4OS.ClH/c17-16(18,19)13-8-21-14(25-13)10-23-6-2-3-11(9-23)7-22-15(24)12-4-1-5-20-12;/h8,11-12,20H,1-7,9-10H2,(H,22,24);1H. The first-order valence-electron chi connectivity index (χ1n) is 8.67. The number of thiazole rings is 1. The van der Waals surface area contributed by atoms with E-state index in [1.54, 1.807) is 0 Å². The number of nitrogens with one attached hydrogen (secondary N) is 2. The molecule has 0 aromatic carbocycles. The van der Waals surface area contributed by atoms with Crippen LogP contribution in [0.4, 0.5) is 13.2 Å². The Labute approximate surface area is 161 Å². The molecule has 1 aromatic rings. The average molecular weight is 413 g/mol. The van der Waals surface area contributed by atoms with Crippen LogP contribution in [0, 0.1) is 5.92 Å². The molecule has 0 bridgehead atoms. The van der Waals surface area contributed by atoms with Gasteiger partial charge in [-0.3, -0.25) is 9.69 Å². The van der Waals surface area contributed by atoms with E-state index in [4.69, 9.17) is 0 Å². The van der Waals surface area contributed by atoms with Gasteiger partial charge in [-0.25, -0.2) is 4.98 Å². The van der Waals surface area contributed by atoms with E-state index in [2.05, 4.69) is 20.5 Å². The van der Waals surface area contributed by atoms with Crippen molar-refractivity contribution in [3.05, 3.63) is 16.1 Å². The predicted molar refractivity (Wildman–Crippen MR) is 96.4 cm³/mol. The van der Waals surface area contributed by atoms with Gasteiger partial charge in [0.2, 0.25) is 5.91 Å². The summed E-state index contributed by atoms with van der Waals surface area (Å²) in [5, 5.41) is 6.68. The van der Waals surface area contributed by atoms with Gasteiger partial charge in [-0.1, -0.05) is 0 Å². The van der Waals surface area contributed by atoms with Crippen LogP contribution in [0.3, 0.4) is 0 Å². The molecule has 3 heterocycles. The summed E-state index contributed by atoms with van der Waals surface area (Å²) in [6.45, 7) is 3.59. The smallest absolute Gasteiger partial charge is 0.354 e. The summed E-state index contributed by atoms with van der Waals surface area (Å²) in [6.07, 6.45) is 0.520. The molecule has 0 saturated carbocycles. The highest BCUT2D eigenvalue weighted by molar-refractivity contribution is 7.11. The van der Waals surface area contributed by atoms with Crippen molar-refractivity contribution in [3.63, 3.8) is 0 Å². The molecule has 2 aliphatic rings. The fraction of sp³-hybridized carbons (Fsp3) is 0.750. The second-order valence-corrected chi connectivity index (χ2v) is 7.87. The molecule has 1 aromatic heterocycles. The number of amides is 1. The monoisotopic (exact) mass is 412 g/mol. The first kappa shape index (κ1) is 21.4. The summed E-state index contributed by atoms with van der Waals surface area (Å²) in [5.74, 6) is 0.394. The van der Waals surface area contributed by atoms with Crippen LogP contribution in [0.1, 0.15) is 35.6 Å². The van der Waals surface area contributed by atoms with Crippen LogP contribution in [0.15, 0.2) is 6.20 Å². The molecule has 2 unspecified atom stereocenters. The Morgan fingerprint density at radius 3 is 2.85 bits per heavy atom. The zero-order chi connectivity index (χ0) is 17.9. The number of carbonyl (C=O) groups excluding carboxylic acids is 1. The van der Waals surface area contributed by atoms with Gasteiger partial charge in [0.1, 0.15) is 9.88 Å². The fourth-order valence-corrected chi connectivity index (χ4v) is 4.27. The Morgan fingerprint density at radius 2 is 2.19 bits per heavy atom. The molecule has 0 spiro atoms. The van der Waals surface area contributed by atoms with E-state index in [0.29, 0.717) is 35.4 Å². The Hall–Kier alpha value is -0.900. The van der Waals surface area contributed by atoms with Gasteiger partial charge in [0.05, 0.1) is 18.8 Å². The van der Waals surface area contributed by atoms with Crippen LogP contribution in [0.2, 0.25) is 0 Å². The van der Waals surface area contributed by atoms with E-state index in [9.17, 15) is 18.0 Å². The first-order valence-corrected chi connectivity index (χ1v) is 9.49. The number of hydrogen-bond acceptors (Lipinski definition) is 5. The molecule has 2 atom stereocenters. The van der Waals surface area contributed by atoms with Gasteiger partial charge in [-0.15, -0.1) is 23.7 Å². The van der Waals surface area contributed by atoms with Crippen molar-refractivity contribution in [3.8, 4) is 0 Å². The molecule has 26 heavy (non-hydrogen) atoms. The van der Waals surface area contributed by atoms with E-state index >= 15 is 0 Å². The fourth-order valence-electron chi connectivity index (χ4n) is 3.44. The lowest BCUT2D eigenvalue weighted by molar-refractivity contribution is -0.134. The third-order valence-electron chi connectivity index (χ3n) is 4.74. The summed E-state index contributed by atoms with van der Waals surface area (Å²) < 4.78 is 38.0. The number of carbonyl (C=O) groups is 1. The van der Waals surface area contributed by atoms with Crippen molar-refractivity contribution in [1.82, 2.24) is 20.5 Å². The van der Waals surface area contributed by atoms with Gasteiger partial charge in [0.15, 0.2) is 0 Å². The molecule has 0 aliphatic carbocycles. The minimum absolute atomic E-state index is 0. The Morgan fingerprint density at radius 1 is 1.38 bits per heavy atom. The summed E-state index contributed by atoms with van der Waals surface area (Å²) >= 11 is 0.714. The summed E-state index contributed by atoms with van der Waals surface area (Å²) in [7, 11) is 0. The summed E-state index contributed by atoms with van der Waals surface area (Å²) in [6, 6.07) is -0.0733. The second-order valence-electron chi connectivity index (χ2n) is 6.75. The number of likely N-dealkylation sites (tertiary alicyclic amines) is 1. The molecule has 2 fully saturated rings. The maximum atomic E-state index is 12.7. The molecule has 0 radical (unpaired) electrons. The van der Waals surface area contributed by atoms with Crippen molar-refractivity contribution < 1.29 is 18.0 Å². The van der Waals surface area contributed by atoms with Crippen LogP contribution >= 0.6 is 23.7 Å². The van der Waals surface area contributed by atoms with Crippen LogP contribution in [0.5, 0.6) is 0 Å². The average Bonchev–Trinajstić information content (AvgIpc) is 3.24. The Balaban J connectivity index is 0.00000243. The zero-order valence-corrected chi connectivity index (χ0v) is 16.0. The molecule has 1 amide bonds. The molecule has 3 rings (SSSR count). The number of alkyl halides is 3. The van der Waals surface area contributed by atoms with Crippen molar-refractivity contribution in [2.75, 3.05) is 26.2 Å². The number of aromatic nitrogens is 1. The minimum atomic E-state index is -4.32. The normalized spacial score (nSPS) is 24.3. The first-order chi connectivity index (χ1) is 11.9. The van der Waals surface area contributed by atoms with Crippen molar-refractivity contribution in [2.24, 2.45) is 5.92 Å². The highest BCUT2D eigenvalue weighted by Gasteiger charge is 2.33. The molecule has 2 N–H and O–H groups in total. The van der Waals surface area contributed by atoms with Crippen molar-refractivity contribution in [2.45, 2.75) is 44.4 Å². The Kier molecular flexibility index (Phi) is 7.69. The van der Waals surface area contributed by atoms with Crippen molar-refractivity contribution >= 4 is 29.7 Å². The highest BCUT2D eigenvalue weighted by atomic mass is 35.5. The molecule has 2 aliphatic heterocycles. The molecule has 2 saturated heterocycles. The molecule has 10 heteroatoms. The van der Waals surface area contributed by atoms with E-state index in [1.165, 1.54) is 0 Å². The zero-order valence-electron chi connectivity index (χ0n) is 14.3. The van der Waals surface area contributed by atoms with Gasteiger partial charge in [0.25, 0.3) is 0 Å². The number of hydrogen-bond donors (Lipinski definition) is 2. The van der Waals surface area contributed by atoms with E-state index in [-0.39, 0.29) is 24.4 Å². The number of rotatable bonds is 5.